The van der Waals surface area contributed by atoms with Gasteiger partial charge in [0.25, 0.3) is 0 Å². The van der Waals surface area contributed by atoms with Crippen LogP contribution in [0, 0.1) is 0 Å². The number of halogens is 4. The molecule has 3 aromatic carbocycles. The van der Waals surface area contributed by atoms with Crippen LogP contribution in [-0.4, -0.2) is 24.6 Å². The van der Waals surface area contributed by atoms with E-state index in [9.17, 15) is 9.59 Å². The van der Waals surface area contributed by atoms with Gasteiger partial charge in [-0.2, -0.15) is 0 Å². The number of hydrogen-bond donors (Lipinski definition) is 0. The van der Waals surface area contributed by atoms with E-state index in [4.69, 9.17) is 42.1 Å². The fourth-order valence-electron chi connectivity index (χ4n) is 3.30. The maximum atomic E-state index is 12.9. The van der Waals surface area contributed by atoms with Crippen molar-refractivity contribution in [3.8, 4) is 17.2 Å². The van der Waals surface area contributed by atoms with Crippen molar-refractivity contribution in [2.45, 2.75) is 0 Å². The molecule has 2 aliphatic heterocycles. The summed E-state index contributed by atoms with van der Waals surface area (Å²) in [5.41, 5.74) is 1.08. The Bertz CT molecular complexity index is 1470. The predicted molar refractivity (Wildman–Crippen MR) is 136 cm³/mol. The number of cyclic esters (lactones) is 1. The van der Waals surface area contributed by atoms with Gasteiger partial charge in [-0.25, -0.2) is 14.6 Å². The molecule has 0 N–H and O–H groups in total. The number of nitrogens with zero attached hydrogens (tertiary/aromatic N) is 1. The molecule has 0 bridgehead atoms. The van der Waals surface area contributed by atoms with Crippen molar-refractivity contribution < 1.29 is 28.5 Å². The second-order valence-corrected chi connectivity index (χ2v) is 9.84. The van der Waals surface area contributed by atoms with E-state index in [0.29, 0.717) is 36.6 Å². The van der Waals surface area contributed by atoms with Crippen LogP contribution in [0.25, 0.3) is 6.08 Å². The fourth-order valence-corrected chi connectivity index (χ4v) is 5.13. The number of aliphatic imine (C=N–C) groups is 1. The van der Waals surface area contributed by atoms with E-state index in [0.717, 1.165) is 0 Å². The zero-order chi connectivity index (χ0) is 24.7. The van der Waals surface area contributed by atoms with Crippen LogP contribution in [0.4, 0.5) is 0 Å². The molecule has 0 unspecified atom stereocenters. The van der Waals surface area contributed by atoms with Crippen LogP contribution >= 0.6 is 55.1 Å². The lowest BCUT2D eigenvalue weighted by Crippen LogP contribution is -2.10. The Morgan fingerprint density at radius 1 is 1.03 bits per heavy atom. The molecule has 0 spiro atoms. The highest BCUT2D eigenvalue weighted by Crippen LogP contribution is 2.37. The number of hydrogen-bond acceptors (Lipinski definition) is 7. The first-order valence-electron chi connectivity index (χ1n) is 9.87. The fraction of sp³-hybridized carbons (Fsp3) is 0.0417. The van der Waals surface area contributed by atoms with E-state index in [-0.39, 0.29) is 34.7 Å². The molecule has 176 valence electrons. The van der Waals surface area contributed by atoms with Gasteiger partial charge in [0.1, 0.15) is 0 Å². The van der Waals surface area contributed by atoms with Crippen LogP contribution in [0.5, 0.6) is 17.2 Å². The van der Waals surface area contributed by atoms with E-state index in [1.165, 1.54) is 18.2 Å². The average molecular weight is 640 g/mol. The lowest BCUT2D eigenvalue weighted by molar-refractivity contribution is -0.129. The van der Waals surface area contributed by atoms with E-state index in [2.05, 4.69) is 36.9 Å². The number of carbonyl (C=O) groups is 2. The van der Waals surface area contributed by atoms with Crippen LogP contribution in [0.1, 0.15) is 21.5 Å². The van der Waals surface area contributed by atoms with Gasteiger partial charge in [0.05, 0.1) is 20.6 Å². The summed E-state index contributed by atoms with van der Waals surface area (Å²) >= 11 is 19.0. The molecule has 0 fully saturated rings. The first kappa shape index (κ1) is 23.9. The lowest BCUT2D eigenvalue weighted by Gasteiger charge is -2.11. The molecule has 0 saturated heterocycles. The quantitative estimate of drug-likeness (QED) is 0.177. The Morgan fingerprint density at radius 2 is 1.83 bits per heavy atom. The largest absolute Gasteiger partial charge is 0.454 e. The summed E-state index contributed by atoms with van der Waals surface area (Å²) in [7, 11) is 0. The van der Waals surface area contributed by atoms with Crippen molar-refractivity contribution in [2.24, 2.45) is 4.99 Å². The van der Waals surface area contributed by atoms with Crippen molar-refractivity contribution in [3.63, 3.8) is 0 Å². The number of rotatable bonds is 4. The SMILES string of the molecule is O=C1OC(c2ccc(Cl)cc2Cl)=N/C1=C\c1cc(Br)cc(Br)c1OC(=O)c1ccc2c(c1)OCO2. The monoisotopic (exact) mass is 637 g/mol. The molecular weight excluding hydrogens is 629 g/mol. The first-order chi connectivity index (χ1) is 16.8. The summed E-state index contributed by atoms with van der Waals surface area (Å²) in [5, 5.41) is 0.723. The zero-order valence-electron chi connectivity index (χ0n) is 17.3. The van der Waals surface area contributed by atoms with E-state index < -0.39 is 11.9 Å². The Balaban J connectivity index is 1.49. The Hall–Kier alpha value is -2.85. The summed E-state index contributed by atoms with van der Waals surface area (Å²) in [6.07, 6.45) is 1.46. The van der Waals surface area contributed by atoms with Gasteiger partial charge in [-0.05, 0) is 70.5 Å². The zero-order valence-corrected chi connectivity index (χ0v) is 22.0. The highest BCUT2D eigenvalue weighted by molar-refractivity contribution is 9.11. The van der Waals surface area contributed by atoms with Crippen LogP contribution in [-0.2, 0) is 9.53 Å². The van der Waals surface area contributed by atoms with Gasteiger partial charge in [0.15, 0.2) is 22.9 Å². The van der Waals surface area contributed by atoms with Crippen molar-refractivity contribution in [1.82, 2.24) is 0 Å². The molecule has 2 aliphatic rings. The average Bonchev–Trinajstić information content (AvgIpc) is 3.42. The van der Waals surface area contributed by atoms with Gasteiger partial charge >= 0.3 is 11.9 Å². The second kappa shape index (κ2) is 9.66. The molecule has 35 heavy (non-hydrogen) atoms. The van der Waals surface area contributed by atoms with Gasteiger partial charge in [-0.15, -0.1) is 0 Å². The van der Waals surface area contributed by atoms with Gasteiger partial charge < -0.3 is 18.9 Å². The topological polar surface area (TPSA) is 83.4 Å². The number of benzene rings is 3. The maximum absolute atomic E-state index is 12.9. The summed E-state index contributed by atoms with van der Waals surface area (Å²) in [5.74, 6) is -0.0911. The minimum absolute atomic E-state index is 0.00334. The molecule has 2 heterocycles. The third kappa shape index (κ3) is 4.95. The van der Waals surface area contributed by atoms with Gasteiger partial charge in [-0.3, -0.25) is 0 Å². The summed E-state index contributed by atoms with van der Waals surface area (Å²) < 4.78 is 22.7. The number of esters is 2. The van der Waals surface area contributed by atoms with Crippen molar-refractivity contribution in [3.05, 3.63) is 89.9 Å². The molecule has 3 aromatic rings. The predicted octanol–water partition coefficient (Wildman–Crippen LogP) is 6.81. The summed E-state index contributed by atoms with van der Waals surface area (Å²) in [6, 6.07) is 12.9. The molecule has 5 rings (SSSR count). The van der Waals surface area contributed by atoms with Crippen LogP contribution < -0.4 is 14.2 Å². The second-order valence-electron chi connectivity index (χ2n) is 7.22. The van der Waals surface area contributed by atoms with Crippen molar-refractivity contribution in [2.75, 3.05) is 6.79 Å². The molecule has 0 amide bonds. The van der Waals surface area contributed by atoms with E-state index >= 15 is 0 Å². The minimum Gasteiger partial charge on any atom is -0.454 e. The number of carbonyl (C=O) groups excluding carboxylic acids is 2. The van der Waals surface area contributed by atoms with Crippen molar-refractivity contribution in [1.29, 1.82) is 0 Å². The lowest BCUT2D eigenvalue weighted by atomic mass is 10.1. The summed E-state index contributed by atoms with van der Waals surface area (Å²) in [6.45, 7) is 0.0870. The third-order valence-electron chi connectivity index (χ3n) is 4.91. The minimum atomic E-state index is -0.685. The van der Waals surface area contributed by atoms with E-state index in [1.807, 2.05) is 0 Å². The standard InChI is InChI=1S/C24H11Br2Cl2NO6/c25-13-5-12(6-18-24(31)35-22(29-18)15-3-2-14(27)9-17(15)28)21(16(26)8-13)34-23(30)11-1-4-19-20(7-11)33-10-32-19/h1-9H,10H2/b18-6-. The van der Waals surface area contributed by atoms with Gasteiger partial charge in [0.2, 0.25) is 12.7 Å². The molecule has 0 aliphatic carbocycles. The number of fused-ring (bicyclic) bond motifs is 1. The normalized spacial score (nSPS) is 15.3. The molecule has 0 saturated carbocycles. The van der Waals surface area contributed by atoms with Crippen LogP contribution in [0.3, 0.4) is 0 Å². The smallest absolute Gasteiger partial charge is 0.363 e. The molecule has 0 aromatic heterocycles. The molecule has 11 heteroatoms. The molecule has 0 radical (unpaired) electrons. The van der Waals surface area contributed by atoms with Gasteiger partial charge in [0, 0.05) is 15.1 Å². The highest BCUT2D eigenvalue weighted by atomic mass is 79.9. The van der Waals surface area contributed by atoms with Crippen molar-refractivity contribution >= 4 is 79.0 Å². The molecule has 7 nitrogen and oxygen atoms in total. The van der Waals surface area contributed by atoms with Gasteiger partial charge in [-0.1, -0.05) is 39.1 Å². The Morgan fingerprint density at radius 3 is 2.63 bits per heavy atom. The van der Waals surface area contributed by atoms with E-state index in [1.54, 1.807) is 36.4 Å². The highest BCUT2D eigenvalue weighted by Gasteiger charge is 2.27. The first-order valence-corrected chi connectivity index (χ1v) is 12.2. The third-order valence-corrected chi connectivity index (χ3v) is 6.51. The Kier molecular flexibility index (Phi) is 6.59. The van der Waals surface area contributed by atoms with Crippen LogP contribution in [0.2, 0.25) is 10.0 Å². The number of ether oxygens (including phenoxy) is 4. The maximum Gasteiger partial charge on any atom is 0.363 e. The summed E-state index contributed by atoms with van der Waals surface area (Å²) in [4.78, 5) is 29.7. The van der Waals surface area contributed by atoms with Crippen LogP contribution in [0.15, 0.2) is 68.2 Å². The molecule has 0 atom stereocenters. The Labute approximate surface area is 225 Å². The molecular formula is C24H11Br2Cl2NO6.